The predicted molar refractivity (Wildman–Crippen MR) is 118 cm³/mol. The molecule has 2 aromatic carbocycles. The van der Waals surface area contributed by atoms with Gasteiger partial charge in [-0.2, -0.15) is 5.10 Å². The van der Waals surface area contributed by atoms with Gasteiger partial charge < -0.3 is 4.57 Å². The molecule has 6 nitrogen and oxygen atoms in total. The van der Waals surface area contributed by atoms with Gasteiger partial charge in [0.2, 0.25) is 0 Å². The molecule has 3 heterocycles. The van der Waals surface area contributed by atoms with Crippen molar-refractivity contribution in [2.24, 2.45) is 7.05 Å². The molecule has 5 aromatic rings. The molecule has 0 amide bonds. The van der Waals surface area contributed by atoms with E-state index in [9.17, 15) is 0 Å². The maximum Gasteiger partial charge on any atom is 0.181 e. The minimum absolute atomic E-state index is 0.586. The zero-order valence-corrected chi connectivity index (χ0v) is 17.7. The van der Waals surface area contributed by atoms with E-state index in [1.165, 1.54) is 0 Å². The van der Waals surface area contributed by atoms with Crippen LogP contribution < -0.4 is 0 Å². The highest BCUT2D eigenvalue weighted by Gasteiger charge is 2.13. The Morgan fingerprint density at radius 3 is 2.60 bits per heavy atom. The fourth-order valence-corrected chi connectivity index (χ4v) is 4.33. The first-order chi connectivity index (χ1) is 14.7. The van der Waals surface area contributed by atoms with Crippen molar-refractivity contribution in [3.8, 4) is 11.3 Å². The first-order valence-electron chi connectivity index (χ1n) is 9.36. The second kappa shape index (κ2) is 7.93. The maximum absolute atomic E-state index is 6.53. The van der Waals surface area contributed by atoms with Gasteiger partial charge in [0.15, 0.2) is 16.6 Å². The summed E-state index contributed by atoms with van der Waals surface area (Å²) in [6, 6.07) is 16.0. The van der Waals surface area contributed by atoms with Crippen LogP contribution in [0.15, 0.2) is 83.4 Å². The van der Waals surface area contributed by atoms with E-state index in [0.29, 0.717) is 11.4 Å². The van der Waals surface area contributed by atoms with Gasteiger partial charge in [0.05, 0.1) is 5.02 Å². The Hall–Kier alpha value is -3.16. The van der Waals surface area contributed by atoms with Gasteiger partial charge in [0, 0.05) is 48.7 Å². The van der Waals surface area contributed by atoms with E-state index in [0.717, 1.165) is 38.3 Å². The Morgan fingerprint density at radius 2 is 1.83 bits per heavy atom. The van der Waals surface area contributed by atoms with Crippen molar-refractivity contribution in [2.75, 3.05) is 0 Å². The molecule has 0 atom stereocenters. The summed E-state index contributed by atoms with van der Waals surface area (Å²) in [6.07, 6.45) is 7.84. The summed E-state index contributed by atoms with van der Waals surface area (Å²) in [5.74, 6) is 0.723. The number of aromatic nitrogens is 6. The van der Waals surface area contributed by atoms with Crippen molar-refractivity contribution >= 4 is 29.0 Å². The molecule has 8 heteroatoms. The molecule has 0 unspecified atom stereocenters. The third-order valence-corrected chi connectivity index (χ3v) is 6.26. The fourth-order valence-electron chi connectivity index (χ4n) is 3.20. The van der Waals surface area contributed by atoms with Gasteiger partial charge in [-0.1, -0.05) is 59.8 Å². The largest absolute Gasteiger partial charge is 0.329 e. The SMILES string of the molecule is Cn1ccnc1Sc1ccc(Cc2nc3c(-c4ccccc4)nccn3n2)cc1Cl. The summed E-state index contributed by atoms with van der Waals surface area (Å²) in [5, 5.41) is 6.21. The topological polar surface area (TPSA) is 60.9 Å². The number of imidazole rings is 1. The highest BCUT2D eigenvalue weighted by molar-refractivity contribution is 7.99. The lowest BCUT2D eigenvalue weighted by Crippen LogP contribution is -1.94. The van der Waals surface area contributed by atoms with Crippen molar-refractivity contribution in [3.63, 3.8) is 0 Å². The zero-order valence-electron chi connectivity index (χ0n) is 16.1. The number of nitrogens with zero attached hydrogens (tertiary/aromatic N) is 6. The number of hydrogen-bond acceptors (Lipinski definition) is 5. The monoisotopic (exact) mass is 432 g/mol. The summed E-state index contributed by atoms with van der Waals surface area (Å²) >= 11 is 8.08. The Labute approximate surface area is 182 Å². The molecular formula is C22H17ClN6S. The number of halogens is 1. The van der Waals surface area contributed by atoms with Crippen molar-refractivity contribution in [1.29, 1.82) is 0 Å². The maximum atomic E-state index is 6.53. The fraction of sp³-hybridized carbons (Fsp3) is 0.0909. The molecule has 0 spiro atoms. The van der Waals surface area contributed by atoms with Gasteiger partial charge in [-0.25, -0.2) is 14.5 Å². The first-order valence-corrected chi connectivity index (χ1v) is 10.6. The number of rotatable bonds is 5. The molecular weight excluding hydrogens is 416 g/mol. The zero-order chi connectivity index (χ0) is 20.5. The second-order valence-corrected chi connectivity index (χ2v) is 8.22. The number of benzene rings is 2. The van der Waals surface area contributed by atoms with Crippen molar-refractivity contribution < 1.29 is 0 Å². The molecule has 0 saturated carbocycles. The van der Waals surface area contributed by atoms with Crippen LogP contribution >= 0.6 is 23.4 Å². The van der Waals surface area contributed by atoms with E-state index in [4.69, 9.17) is 16.6 Å². The van der Waals surface area contributed by atoms with Crippen LogP contribution in [0.25, 0.3) is 16.9 Å². The van der Waals surface area contributed by atoms with E-state index in [1.54, 1.807) is 28.7 Å². The predicted octanol–water partition coefficient (Wildman–Crippen LogP) is 4.92. The van der Waals surface area contributed by atoms with Crippen LogP contribution in [0.1, 0.15) is 11.4 Å². The molecule has 0 aliphatic rings. The van der Waals surface area contributed by atoms with Gasteiger partial charge in [0.1, 0.15) is 5.69 Å². The van der Waals surface area contributed by atoms with Crippen LogP contribution in [0.4, 0.5) is 0 Å². The molecule has 0 bridgehead atoms. The molecule has 5 rings (SSSR count). The summed E-state index contributed by atoms with van der Waals surface area (Å²) in [5.41, 5.74) is 3.62. The third-order valence-electron chi connectivity index (χ3n) is 4.68. The molecule has 0 aliphatic carbocycles. The standard InChI is InChI=1S/C22H17ClN6S/c1-28-11-9-25-22(28)30-18-8-7-15(13-17(18)23)14-19-26-21-20(16-5-3-2-4-6-16)24-10-12-29(21)27-19/h2-13H,14H2,1H3. The lowest BCUT2D eigenvalue weighted by molar-refractivity contribution is 0.790. The van der Waals surface area contributed by atoms with E-state index in [1.807, 2.05) is 66.5 Å². The number of hydrogen-bond donors (Lipinski definition) is 0. The number of aryl methyl sites for hydroxylation is 1. The van der Waals surface area contributed by atoms with Gasteiger partial charge >= 0.3 is 0 Å². The Morgan fingerprint density at radius 1 is 1.00 bits per heavy atom. The van der Waals surface area contributed by atoms with E-state index in [2.05, 4.69) is 21.1 Å². The minimum atomic E-state index is 0.586. The van der Waals surface area contributed by atoms with E-state index < -0.39 is 0 Å². The quantitative estimate of drug-likeness (QED) is 0.394. The molecule has 3 aromatic heterocycles. The first kappa shape index (κ1) is 18.8. The molecule has 0 fully saturated rings. The summed E-state index contributed by atoms with van der Waals surface area (Å²) in [4.78, 5) is 14.6. The van der Waals surface area contributed by atoms with Gasteiger partial charge in [0.25, 0.3) is 0 Å². The summed E-state index contributed by atoms with van der Waals surface area (Å²) in [6.45, 7) is 0. The van der Waals surface area contributed by atoms with Crippen molar-refractivity contribution in [2.45, 2.75) is 16.5 Å². The minimum Gasteiger partial charge on any atom is -0.329 e. The van der Waals surface area contributed by atoms with E-state index >= 15 is 0 Å². The van der Waals surface area contributed by atoms with E-state index in [-0.39, 0.29) is 0 Å². The van der Waals surface area contributed by atoms with Gasteiger partial charge in [-0.05, 0) is 17.7 Å². The average molecular weight is 433 g/mol. The Balaban J connectivity index is 1.42. The molecule has 0 saturated heterocycles. The number of fused-ring (bicyclic) bond motifs is 1. The third kappa shape index (κ3) is 3.69. The molecule has 0 aliphatic heterocycles. The average Bonchev–Trinajstić information content (AvgIpc) is 3.36. The van der Waals surface area contributed by atoms with Crippen LogP contribution in [0.3, 0.4) is 0 Å². The van der Waals surface area contributed by atoms with Crippen LogP contribution in [0.2, 0.25) is 5.02 Å². The van der Waals surface area contributed by atoms with Gasteiger partial charge in [-0.3, -0.25) is 4.98 Å². The van der Waals surface area contributed by atoms with Crippen molar-refractivity contribution in [1.82, 2.24) is 29.1 Å². The van der Waals surface area contributed by atoms with Gasteiger partial charge in [-0.15, -0.1) is 0 Å². The summed E-state index contributed by atoms with van der Waals surface area (Å²) in [7, 11) is 1.96. The van der Waals surface area contributed by atoms with Crippen LogP contribution in [-0.2, 0) is 13.5 Å². The lowest BCUT2D eigenvalue weighted by Gasteiger charge is -2.06. The Bertz CT molecular complexity index is 1330. The summed E-state index contributed by atoms with van der Waals surface area (Å²) < 4.78 is 3.74. The molecule has 0 N–H and O–H groups in total. The molecule has 148 valence electrons. The van der Waals surface area contributed by atoms with Crippen LogP contribution in [-0.4, -0.2) is 29.1 Å². The highest BCUT2D eigenvalue weighted by atomic mass is 35.5. The highest BCUT2D eigenvalue weighted by Crippen LogP contribution is 2.33. The molecule has 0 radical (unpaired) electrons. The van der Waals surface area contributed by atoms with Crippen molar-refractivity contribution in [3.05, 3.63) is 89.7 Å². The normalized spacial score (nSPS) is 11.3. The smallest absolute Gasteiger partial charge is 0.181 e. The second-order valence-electron chi connectivity index (χ2n) is 6.80. The Kier molecular flexibility index (Phi) is 4.98. The molecule has 30 heavy (non-hydrogen) atoms. The van der Waals surface area contributed by atoms with Crippen LogP contribution in [0.5, 0.6) is 0 Å². The van der Waals surface area contributed by atoms with Crippen LogP contribution in [0, 0.1) is 0 Å². The lowest BCUT2D eigenvalue weighted by atomic mass is 10.1.